The second-order valence-corrected chi connectivity index (χ2v) is 7.40. The molecule has 6 heteroatoms. The van der Waals surface area contributed by atoms with Gasteiger partial charge in [-0.3, -0.25) is 10.1 Å². The van der Waals surface area contributed by atoms with Crippen LogP contribution in [0, 0.1) is 10.1 Å². The van der Waals surface area contributed by atoms with Crippen molar-refractivity contribution in [1.29, 1.82) is 0 Å². The summed E-state index contributed by atoms with van der Waals surface area (Å²) in [7, 11) is 4.00. The lowest BCUT2D eigenvalue weighted by molar-refractivity contribution is -0.386. The molecule has 0 bridgehead atoms. The number of anilines is 1. The number of aliphatic hydroxyl groups is 1. The van der Waals surface area contributed by atoms with Gasteiger partial charge in [0.05, 0.1) is 16.6 Å². The van der Waals surface area contributed by atoms with Crippen molar-refractivity contribution >= 4 is 22.7 Å². The van der Waals surface area contributed by atoms with Crippen LogP contribution in [0.5, 0.6) is 0 Å². The molecule has 0 amide bonds. The molecule has 0 aliphatic heterocycles. The lowest BCUT2D eigenvalue weighted by atomic mass is 10.0. The minimum atomic E-state index is -0.876. The van der Waals surface area contributed by atoms with Crippen molar-refractivity contribution in [3.63, 3.8) is 0 Å². The van der Waals surface area contributed by atoms with Gasteiger partial charge in [-0.25, -0.2) is 0 Å². The smallest absolute Gasteiger partial charge is 0.275 e. The first-order valence-electron chi connectivity index (χ1n) is 8.21. The van der Waals surface area contributed by atoms with Gasteiger partial charge in [-0.1, -0.05) is 18.2 Å². The zero-order valence-corrected chi connectivity index (χ0v) is 15.7. The van der Waals surface area contributed by atoms with Crippen molar-refractivity contribution in [2.75, 3.05) is 19.0 Å². The third-order valence-corrected chi connectivity index (χ3v) is 5.42. The van der Waals surface area contributed by atoms with E-state index in [1.165, 1.54) is 13.0 Å². The Hall–Kier alpha value is -2.70. The van der Waals surface area contributed by atoms with Gasteiger partial charge in [-0.15, -0.1) is 11.3 Å². The van der Waals surface area contributed by atoms with Crippen LogP contribution in [-0.2, 0) is 0 Å². The maximum atomic E-state index is 11.3. The second kappa shape index (κ2) is 7.27. The van der Waals surface area contributed by atoms with E-state index in [9.17, 15) is 15.2 Å². The largest absolute Gasteiger partial charge is 0.388 e. The van der Waals surface area contributed by atoms with Gasteiger partial charge in [-0.2, -0.15) is 0 Å². The predicted octanol–water partition coefficient (Wildman–Crippen LogP) is 5.11. The highest BCUT2D eigenvalue weighted by molar-refractivity contribution is 7.18. The number of aliphatic hydroxyl groups excluding tert-OH is 1. The molecule has 3 rings (SSSR count). The number of nitro groups is 1. The Labute approximate surface area is 156 Å². The van der Waals surface area contributed by atoms with Crippen LogP contribution in [0.1, 0.15) is 18.6 Å². The maximum absolute atomic E-state index is 11.3. The van der Waals surface area contributed by atoms with Crippen LogP contribution in [0.2, 0.25) is 0 Å². The van der Waals surface area contributed by atoms with E-state index in [0.29, 0.717) is 5.56 Å². The molecule has 5 nitrogen and oxygen atoms in total. The minimum Gasteiger partial charge on any atom is -0.388 e. The van der Waals surface area contributed by atoms with E-state index >= 15 is 0 Å². The highest BCUT2D eigenvalue weighted by Crippen LogP contribution is 2.37. The molecule has 0 saturated heterocycles. The first-order valence-corrected chi connectivity index (χ1v) is 9.03. The van der Waals surface area contributed by atoms with Gasteiger partial charge < -0.3 is 10.0 Å². The Bertz CT molecular complexity index is 930. The van der Waals surface area contributed by atoms with Crippen molar-refractivity contribution in [2.24, 2.45) is 0 Å². The molecule has 1 aromatic heterocycles. The van der Waals surface area contributed by atoms with Gasteiger partial charge in [0.25, 0.3) is 5.69 Å². The van der Waals surface area contributed by atoms with Crippen LogP contribution < -0.4 is 4.90 Å². The third-order valence-electron chi connectivity index (χ3n) is 4.24. The van der Waals surface area contributed by atoms with Crippen molar-refractivity contribution < 1.29 is 10.0 Å². The molecule has 1 atom stereocenters. The van der Waals surface area contributed by atoms with Gasteiger partial charge in [0.15, 0.2) is 0 Å². The van der Waals surface area contributed by atoms with E-state index in [0.717, 1.165) is 26.6 Å². The molecular formula is C20H20N2O3S. The fourth-order valence-corrected chi connectivity index (χ4v) is 3.79. The topological polar surface area (TPSA) is 66.6 Å². The number of hydrogen-bond acceptors (Lipinski definition) is 5. The Morgan fingerprint density at radius 2 is 1.58 bits per heavy atom. The fourth-order valence-electron chi connectivity index (χ4n) is 2.78. The van der Waals surface area contributed by atoms with Crippen LogP contribution in [-0.4, -0.2) is 24.1 Å². The molecule has 1 unspecified atom stereocenters. The molecule has 3 aromatic rings. The summed E-state index contributed by atoms with van der Waals surface area (Å²) in [5.74, 6) is 0. The molecule has 0 saturated carbocycles. The standard InChI is InChI=1S/C20H20N2O3S/c1-13(23)17-9-6-15(12-18(17)22(24)25)20-11-10-19(26-20)14-4-7-16(8-5-14)21(2)3/h4-13,23H,1-3H3. The zero-order valence-electron chi connectivity index (χ0n) is 14.8. The van der Waals surface area contributed by atoms with E-state index < -0.39 is 11.0 Å². The van der Waals surface area contributed by atoms with Crippen LogP contribution in [0.25, 0.3) is 20.9 Å². The Kier molecular flexibility index (Phi) is 5.06. The van der Waals surface area contributed by atoms with Crippen LogP contribution >= 0.6 is 11.3 Å². The predicted molar refractivity (Wildman–Crippen MR) is 107 cm³/mol. The quantitative estimate of drug-likeness (QED) is 0.502. The SMILES string of the molecule is CC(O)c1ccc(-c2ccc(-c3ccc(N(C)C)cc3)s2)cc1[N+](=O)[O-]. The maximum Gasteiger partial charge on any atom is 0.275 e. The molecule has 0 radical (unpaired) electrons. The minimum absolute atomic E-state index is 0.0530. The number of benzene rings is 2. The second-order valence-electron chi connectivity index (χ2n) is 6.31. The lowest BCUT2D eigenvalue weighted by Gasteiger charge is -2.12. The summed E-state index contributed by atoms with van der Waals surface area (Å²) >= 11 is 1.59. The van der Waals surface area contributed by atoms with Crippen LogP contribution in [0.4, 0.5) is 11.4 Å². The van der Waals surface area contributed by atoms with Gasteiger partial charge >= 0.3 is 0 Å². The summed E-state index contributed by atoms with van der Waals surface area (Å²) in [6.07, 6.45) is -0.876. The highest BCUT2D eigenvalue weighted by atomic mass is 32.1. The summed E-state index contributed by atoms with van der Waals surface area (Å²) in [4.78, 5) is 15.0. The number of rotatable bonds is 5. The molecule has 1 N–H and O–H groups in total. The average molecular weight is 368 g/mol. The molecule has 1 heterocycles. The normalized spacial score (nSPS) is 12.0. The molecule has 134 valence electrons. The number of hydrogen-bond donors (Lipinski definition) is 1. The van der Waals surface area contributed by atoms with Crippen LogP contribution in [0.15, 0.2) is 54.6 Å². The van der Waals surface area contributed by atoms with Gasteiger partial charge in [0, 0.05) is 35.6 Å². The molecule has 0 spiro atoms. The van der Waals surface area contributed by atoms with Crippen LogP contribution in [0.3, 0.4) is 0 Å². The lowest BCUT2D eigenvalue weighted by Crippen LogP contribution is -2.07. The van der Waals surface area contributed by atoms with Crippen molar-refractivity contribution in [3.8, 4) is 20.9 Å². The first kappa shape index (κ1) is 18.1. The van der Waals surface area contributed by atoms with E-state index in [1.54, 1.807) is 17.4 Å². The Balaban J connectivity index is 1.94. The van der Waals surface area contributed by atoms with Crippen molar-refractivity contribution in [3.05, 3.63) is 70.3 Å². The number of thiophene rings is 1. The fraction of sp³-hybridized carbons (Fsp3) is 0.200. The molecule has 0 fully saturated rings. The Morgan fingerprint density at radius 1 is 1.00 bits per heavy atom. The summed E-state index contributed by atoms with van der Waals surface area (Å²) in [6, 6.07) is 17.3. The summed E-state index contributed by atoms with van der Waals surface area (Å²) in [5, 5.41) is 21.0. The average Bonchev–Trinajstić information content (AvgIpc) is 3.11. The highest BCUT2D eigenvalue weighted by Gasteiger charge is 2.19. The molecule has 26 heavy (non-hydrogen) atoms. The monoisotopic (exact) mass is 368 g/mol. The van der Waals surface area contributed by atoms with Gasteiger partial charge in [-0.05, 0) is 48.4 Å². The zero-order chi connectivity index (χ0) is 18.8. The molecule has 0 aliphatic rings. The number of nitro benzene ring substituents is 1. The van der Waals surface area contributed by atoms with Gasteiger partial charge in [0.1, 0.15) is 0 Å². The number of nitrogens with zero attached hydrogens (tertiary/aromatic N) is 2. The Morgan fingerprint density at radius 3 is 2.12 bits per heavy atom. The summed E-state index contributed by atoms with van der Waals surface area (Å²) < 4.78 is 0. The third kappa shape index (κ3) is 3.61. The van der Waals surface area contributed by atoms with E-state index in [2.05, 4.69) is 24.3 Å². The van der Waals surface area contributed by atoms with Gasteiger partial charge in [0.2, 0.25) is 0 Å². The summed E-state index contributed by atoms with van der Waals surface area (Å²) in [5.41, 5.74) is 3.30. The van der Waals surface area contributed by atoms with E-state index in [-0.39, 0.29) is 5.69 Å². The molecule has 2 aromatic carbocycles. The van der Waals surface area contributed by atoms with Crippen molar-refractivity contribution in [1.82, 2.24) is 0 Å². The molecular weight excluding hydrogens is 348 g/mol. The molecule has 0 aliphatic carbocycles. The van der Waals surface area contributed by atoms with E-state index in [1.807, 2.05) is 37.2 Å². The van der Waals surface area contributed by atoms with Crippen molar-refractivity contribution in [2.45, 2.75) is 13.0 Å². The first-order chi connectivity index (χ1) is 12.4. The van der Waals surface area contributed by atoms with E-state index in [4.69, 9.17) is 0 Å². The summed E-state index contributed by atoms with van der Waals surface area (Å²) in [6.45, 7) is 1.53.